The van der Waals surface area contributed by atoms with Gasteiger partial charge in [-0.2, -0.15) is 0 Å². The number of carbonyl (C=O) groups is 1. The van der Waals surface area contributed by atoms with Gasteiger partial charge < -0.3 is 9.15 Å². The van der Waals surface area contributed by atoms with Gasteiger partial charge in [-0.25, -0.2) is 31.9 Å². The highest BCUT2D eigenvalue weighted by Crippen LogP contribution is 2.28. The van der Waals surface area contributed by atoms with Crippen molar-refractivity contribution in [1.82, 2.24) is 0 Å². The van der Waals surface area contributed by atoms with Gasteiger partial charge in [-0.05, 0) is 36.8 Å². The Balaban J connectivity index is 2.40. The standard InChI is InChI=1S/C17H16N2O8S2/c1-2-5-26-17(21)9-3-4-13-11(6-9)15(20)12-7-10(28(18,22)23)8-14(16(12)27-13)29(19,24)25/h3-4,6-8H,2,5H2,1H3,(H2,18,22,23)(H2,19,24,25). The second kappa shape index (κ2) is 7.22. The minimum Gasteiger partial charge on any atom is -0.462 e. The first-order valence-electron chi connectivity index (χ1n) is 8.21. The molecule has 4 N–H and O–H groups in total. The Labute approximate surface area is 165 Å². The molecule has 0 saturated heterocycles. The number of benzene rings is 2. The van der Waals surface area contributed by atoms with Crippen LogP contribution in [0.15, 0.2) is 49.3 Å². The fourth-order valence-corrected chi connectivity index (χ4v) is 4.02. The Morgan fingerprint density at radius 3 is 2.31 bits per heavy atom. The van der Waals surface area contributed by atoms with E-state index in [2.05, 4.69) is 0 Å². The van der Waals surface area contributed by atoms with Crippen molar-refractivity contribution in [2.24, 2.45) is 10.3 Å². The van der Waals surface area contributed by atoms with Crippen LogP contribution in [0, 0.1) is 0 Å². The minimum absolute atomic E-state index is 0.0252. The number of carbonyl (C=O) groups excluding carboxylic acids is 1. The Morgan fingerprint density at radius 2 is 1.72 bits per heavy atom. The molecule has 0 radical (unpaired) electrons. The van der Waals surface area contributed by atoms with Crippen LogP contribution in [0.3, 0.4) is 0 Å². The van der Waals surface area contributed by atoms with Crippen LogP contribution in [0.25, 0.3) is 21.9 Å². The quantitative estimate of drug-likeness (QED) is 0.432. The SMILES string of the molecule is CCCOC(=O)c1ccc2oc3c(S(N)(=O)=O)cc(S(N)(=O)=O)cc3c(=O)c2c1. The fourth-order valence-electron chi connectivity index (χ4n) is 2.68. The van der Waals surface area contributed by atoms with Crippen molar-refractivity contribution in [2.45, 2.75) is 23.1 Å². The zero-order valence-corrected chi connectivity index (χ0v) is 16.7. The topological polar surface area (TPSA) is 177 Å². The summed E-state index contributed by atoms with van der Waals surface area (Å²) in [5.41, 5.74) is -1.13. The molecule has 0 unspecified atom stereocenters. The maximum atomic E-state index is 13.0. The molecule has 0 aliphatic heterocycles. The van der Waals surface area contributed by atoms with Crippen molar-refractivity contribution >= 4 is 48.0 Å². The number of ether oxygens (including phenoxy) is 1. The van der Waals surface area contributed by atoms with Gasteiger partial charge in [0.1, 0.15) is 10.5 Å². The lowest BCUT2D eigenvalue weighted by Gasteiger charge is -2.09. The molecule has 0 fully saturated rings. The van der Waals surface area contributed by atoms with Crippen molar-refractivity contribution < 1.29 is 30.8 Å². The maximum Gasteiger partial charge on any atom is 0.338 e. The number of hydrogen-bond acceptors (Lipinski definition) is 8. The van der Waals surface area contributed by atoms with Gasteiger partial charge in [0, 0.05) is 0 Å². The van der Waals surface area contributed by atoms with Crippen LogP contribution in [-0.4, -0.2) is 29.4 Å². The summed E-state index contributed by atoms with van der Waals surface area (Å²) in [7, 11) is -8.81. The average molecular weight is 440 g/mol. The molecule has 1 aromatic heterocycles. The van der Waals surface area contributed by atoms with Gasteiger partial charge in [0.2, 0.25) is 25.5 Å². The van der Waals surface area contributed by atoms with E-state index in [4.69, 9.17) is 19.4 Å². The smallest absolute Gasteiger partial charge is 0.338 e. The molecule has 0 bridgehead atoms. The van der Waals surface area contributed by atoms with Crippen LogP contribution >= 0.6 is 0 Å². The third-order valence-corrected chi connectivity index (χ3v) is 5.83. The van der Waals surface area contributed by atoms with Crippen LogP contribution in [0.5, 0.6) is 0 Å². The largest absolute Gasteiger partial charge is 0.462 e. The van der Waals surface area contributed by atoms with Gasteiger partial charge >= 0.3 is 5.97 Å². The first-order valence-corrected chi connectivity index (χ1v) is 11.3. The van der Waals surface area contributed by atoms with Crippen LogP contribution in [0.4, 0.5) is 0 Å². The highest BCUT2D eigenvalue weighted by Gasteiger charge is 2.23. The van der Waals surface area contributed by atoms with E-state index in [9.17, 15) is 26.4 Å². The van der Waals surface area contributed by atoms with Crippen LogP contribution in [-0.2, 0) is 24.8 Å². The van der Waals surface area contributed by atoms with Gasteiger partial charge in [0.05, 0.1) is 27.8 Å². The second-order valence-corrected chi connectivity index (χ2v) is 9.26. The van der Waals surface area contributed by atoms with Crippen molar-refractivity contribution in [3.05, 3.63) is 46.1 Å². The number of hydrogen-bond donors (Lipinski definition) is 2. The van der Waals surface area contributed by atoms with Gasteiger partial charge in [-0.1, -0.05) is 6.92 Å². The molecule has 29 heavy (non-hydrogen) atoms. The van der Waals surface area contributed by atoms with E-state index in [1.54, 1.807) is 0 Å². The Bertz CT molecular complexity index is 1420. The summed E-state index contributed by atoms with van der Waals surface area (Å²) in [6, 6.07) is 5.49. The number of rotatable bonds is 5. The molecule has 3 aromatic rings. The molecule has 0 atom stereocenters. The summed E-state index contributed by atoms with van der Waals surface area (Å²) < 4.78 is 57.9. The lowest BCUT2D eigenvalue weighted by atomic mass is 10.1. The summed E-state index contributed by atoms with van der Waals surface area (Å²) in [6.45, 7) is 2.01. The van der Waals surface area contributed by atoms with Crippen molar-refractivity contribution in [1.29, 1.82) is 0 Å². The molecular formula is C17H16N2O8S2. The van der Waals surface area contributed by atoms with Crippen molar-refractivity contribution in [2.75, 3.05) is 6.61 Å². The molecule has 12 heteroatoms. The molecule has 0 aliphatic carbocycles. The van der Waals surface area contributed by atoms with E-state index >= 15 is 0 Å². The zero-order chi connectivity index (χ0) is 21.6. The van der Waals surface area contributed by atoms with Gasteiger partial charge in [-0.15, -0.1) is 0 Å². The number of sulfonamides is 2. The van der Waals surface area contributed by atoms with Gasteiger partial charge in [0.25, 0.3) is 0 Å². The Hall–Kier alpha value is -2.80. The number of primary sulfonamides is 2. The molecule has 3 rings (SSSR count). The molecule has 10 nitrogen and oxygen atoms in total. The first-order chi connectivity index (χ1) is 13.4. The fraction of sp³-hybridized carbons (Fsp3) is 0.176. The van der Waals surface area contributed by atoms with Crippen molar-refractivity contribution in [3.8, 4) is 0 Å². The summed E-state index contributed by atoms with van der Waals surface area (Å²) in [5, 5.41) is 9.79. The number of nitrogens with two attached hydrogens (primary N) is 2. The lowest BCUT2D eigenvalue weighted by molar-refractivity contribution is 0.0505. The van der Waals surface area contributed by atoms with Crippen LogP contribution in [0.2, 0.25) is 0 Å². The third kappa shape index (κ3) is 4.00. The predicted octanol–water partition coefficient (Wildman–Crippen LogP) is 0.808. The molecular weight excluding hydrogens is 424 g/mol. The zero-order valence-electron chi connectivity index (χ0n) is 15.0. The van der Waals surface area contributed by atoms with E-state index in [1.165, 1.54) is 18.2 Å². The third-order valence-electron chi connectivity index (χ3n) is 4.02. The average Bonchev–Trinajstić information content (AvgIpc) is 2.63. The molecule has 0 aliphatic rings. The summed E-state index contributed by atoms with van der Waals surface area (Å²) >= 11 is 0. The van der Waals surface area contributed by atoms with Crippen LogP contribution < -0.4 is 15.7 Å². The van der Waals surface area contributed by atoms with E-state index in [1.807, 2.05) is 6.92 Å². The van der Waals surface area contributed by atoms with Crippen molar-refractivity contribution in [3.63, 3.8) is 0 Å². The first kappa shape index (κ1) is 20.9. The van der Waals surface area contributed by atoms with Crippen LogP contribution in [0.1, 0.15) is 23.7 Å². The Kier molecular flexibility index (Phi) is 5.21. The highest BCUT2D eigenvalue weighted by molar-refractivity contribution is 7.90. The summed E-state index contributed by atoms with van der Waals surface area (Å²) in [5.74, 6) is -0.656. The van der Waals surface area contributed by atoms with E-state index in [0.717, 1.165) is 12.1 Å². The normalized spacial score (nSPS) is 12.4. The van der Waals surface area contributed by atoms with E-state index in [-0.39, 0.29) is 28.5 Å². The molecule has 0 amide bonds. The van der Waals surface area contributed by atoms with Gasteiger partial charge in [0.15, 0.2) is 5.58 Å². The minimum atomic E-state index is -4.46. The van der Waals surface area contributed by atoms with E-state index in [0.29, 0.717) is 6.42 Å². The van der Waals surface area contributed by atoms with Gasteiger partial charge in [-0.3, -0.25) is 4.79 Å². The molecule has 0 saturated carbocycles. The molecule has 154 valence electrons. The molecule has 1 heterocycles. The molecule has 0 spiro atoms. The highest BCUT2D eigenvalue weighted by atomic mass is 32.2. The summed E-state index contributed by atoms with van der Waals surface area (Å²) in [6.07, 6.45) is 0.610. The number of esters is 1. The second-order valence-electron chi connectivity index (χ2n) is 6.17. The lowest BCUT2D eigenvalue weighted by Crippen LogP contribution is -2.18. The molecule has 2 aromatic carbocycles. The Morgan fingerprint density at radius 1 is 1.03 bits per heavy atom. The monoisotopic (exact) mass is 440 g/mol. The predicted molar refractivity (Wildman–Crippen MR) is 103 cm³/mol. The maximum absolute atomic E-state index is 13.0. The summed E-state index contributed by atoms with van der Waals surface area (Å²) in [4.78, 5) is 23.7. The van der Waals surface area contributed by atoms with E-state index < -0.39 is 46.8 Å². The number of fused-ring (bicyclic) bond motifs is 2.